The highest BCUT2D eigenvalue weighted by Gasteiger charge is 2.25. The first-order valence-electron chi connectivity index (χ1n) is 8.80. The average molecular weight is 342 g/mol. The molecule has 25 heavy (non-hydrogen) atoms. The van der Waals surface area contributed by atoms with E-state index in [0.29, 0.717) is 18.7 Å². The van der Waals surface area contributed by atoms with Crippen LogP contribution in [-0.2, 0) is 4.79 Å². The van der Waals surface area contributed by atoms with Crippen LogP contribution in [0.5, 0.6) is 0 Å². The number of amides is 2. The molecule has 0 aromatic heterocycles. The third-order valence-electron chi connectivity index (χ3n) is 4.10. The van der Waals surface area contributed by atoms with Crippen LogP contribution < -0.4 is 5.32 Å². The Morgan fingerprint density at radius 1 is 1.04 bits per heavy atom. The molecule has 0 bridgehead atoms. The van der Waals surface area contributed by atoms with Crippen molar-refractivity contribution in [2.45, 2.75) is 32.7 Å². The van der Waals surface area contributed by atoms with Crippen LogP contribution in [0.3, 0.4) is 0 Å². The number of aliphatic hydroxyl groups excluding tert-OH is 1. The zero-order valence-electron chi connectivity index (χ0n) is 14.9. The summed E-state index contributed by atoms with van der Waals surface area (Å²) in [7, 11) is 0. The van der Waals surface area contributed by atoms with Gasteiger partial charge in [0.05, 0.1) is 6.61 Å². The number of nitrogens with one attached hydrogen (secondary N) is 1. The maximum Gasteiger partial charge on any atom is 0.252 e. The molecule has 5 heteroatoms. The Hall–Kier alpha value is -2.40. The monoisotopic (exact) mass is 342 g/mol. The van der Waals surface area contributed by atoms with E-state index in [4.69, 9.17) is 0 Å². The number of hydrogen-bond donors (Lipinski definition) is 2. The summed E-state index contributed by atoms with van der Waals surface area (Å²) in [6.07, 6.45) is 1.67. The number of carbonyl (C=O) groups excluding carboxylic acids is 2. The number of benzene rings is 2. The summed E-state index contributed by atoms with van der Waals surface area (Å²) in [5.41, 5.74) is 0.475. The topological polar surface area (TPSA) is 69.6 Å². The fourth-order valence-electron chi connectivity index (χ4n) is 2.85. The van der Waals surface area contributed by atoms with Crippen molar-refractivity contribution in [3.8, 4) is 0 Å². The third-order valence-corrected chi connectivity index (χ3v) is 4.10. The summed E-state index contributed by atoms with van der Waals surface area (Å²) >= 11 is 0. The first-order chi connectivity index (χ1) is 12.1. The van der Waals surface area contributed by atoms with Crippen LogP contribution in [0.1, 0.15) is 37.0 Å². The molecule has 0 aliphatic rings. The van der Waals surface area contributed by atoms with Gasteiger partial charge < -0.3 is 15.3 Å². The summed E-state index contributed by atoms with van der Waals surface area (Å²) in [5.74, 6) is -0.591. The molecule has 2 amide bonds. The molecular weight excluding hydrogens is 316 g/mol. The summed E-state index contributed by atoms with van der Waals surface area (Å²) in [5, 5.41) is 14.3. The lowest BCUT2D eigenvalue weighted by Crippen LogP contribution is -2.51. The molecule has 0 heterocycles. The van der Waals surface area contributed by atoms with Crippen LogP contribution in [0.2, 0.25) is 0 Å². The van der Waals surface area contributed by atoms with Crippen molar-refractivity contribution in [2.75, 3.05) is 19.7 Å². The van der Waals surface area contributed by atoms with Gasteiger partial charge in [0.1, 0.15) is 6.04 Å². The van der Waals surface area contributed by atoms with Crippen molar-refractivity contribution in [1.29, 1.82) is 0 Å². The van der Waals surface area contributed by atoms with Crippen molar-refractivity contribution < 1.29 is 14.7 Å². The van der Waals surface area contributed by atoms with E-state index < -0.39 is 12.6 Å². The van der Waals surface area contributed by atoms with Crippen LogP contribution in [-0.4, -0.2) is 47.6 Å². The first kappa shape index (κ1) is 18.9. The van der Waals surface area contributed by atoms with Crippen LogP contribution >= 0.6 is 0 Å². The van der Waals surface area contributed by atoms with E-state index in [9.17, 15) is 14.7 Å². The van der Waals surface area contributed by atoms with Gasteiger partial charge >= 0.3 is 0 Å². The van der Waals surface area contributed by atoms with Crippen molar-refractivity contribution in [2.24, 2.45) is 0 Å². The quantitative estimate of drug-likeness (QED) is 0.775. The highest BCUT2D eigenvalue weighted by molar-refractivity contribution is 6.00. The fraction of sp³-hybridized carbons (Fsp3) is 0.400. The lowest BCUT2D eigenvalue weighted by atomic mass is 10.1. The van der Waals surface area contributed by atoms with E-state index in [2.05, 4.69) is 5.32 Å². The van der Waals surface area contributed by atoms with Gasteiger partial charge in [-0.3, -0.25) is 9.59 Å². The van der Waals surface area contributed by atoms with Crippen molar-refractivity contribution >= 4 is 22.6 Å². The van der Waals surface area contributed by atoms with E-state index in [1.807, 2.05) is 44.2 Å². The van der Waals surface area contributed by atoms with E-state index in [1.165, 1.54) is 0 Å². The second kappa shape index (κ2) is 9.18. The largest absolute Gasteiger partial charge is 0.394 e. The van der Waals surface area contributed by atoms with Crippen LogP contribution in [0.15, 0.2) is 42.5 Å². The molecule has 0 spiro atoms. The van der Waals surface area contributed by atoms with E-state index in [1.54, 1.807) is 17.0 Å². The number of nitrogens with zero attached hydrogens (tertiary/aromatic N) is 1. The molecule has 5 nitrogen and oxygen atoms in total. The molecule has 0 saturated heterocycles. The van der Waals surface area contributed by atoms with Gasteiger partial charge in [-0.15, -0.1) is 0 Å². The number of fused-ring (bicyclic) bond motifs is 1. The number of carbonyl (C=O) groups is 2. The summed E-state index contributed by atoms with van der Waals surface area (Å²) in [6.45, 7) is 4.82. The summed E-state index contributed by atoms with van der Waals surface area (Å²) in [6, 6.07) is 12.2. The first-order valence-corrected chi connectivity index (χ1v) is 8.80. The molecule has 2 rings (SSSR count). The van der Waals surface area contributed by atoms with Crippen molar-refractivity contribution in [1.82, 2.24) is 10.2 Å². The zero-order chi connectivity index (χ0) is 18.2. The van der Waals surface area contributed by atoms with Crippen LogP contribution in [0, 0.1) is 0 Å². The van der Waals surface area contributed by atoms with Crippen LogP contribution in [0.25, 0.3) is 10.8 Å². The van der Waals surface area contributed by atoms with Crippen LogP contribution in [0.4, 0.5) is 0 Å². The van der Waals surface area contributed by atoms with Gasteiger partial charge in [0, 0.05) is 18.7 Å². The number of rotatable bonds is 8. The Labute approximate surface area is 148 Å². The molecule has 2 N–H and O–H groups in total. The lowest BCUT2D eigenvalue weighted by Gasteiger charge is -2.26. The van der Waals surface area contributed by atoms with Gasteiger partial charge in [0.25, 0.3) is 5.91 Å². The van der Waals surface area contributed by atoms with Gasteiger partial charge in [0.15, 0.2) is 0 Å². The summed E-state index contributed by atoms with van der Waals surface area (Å²) < 4.78 is 0. The molecule has 2 aromatic carbocycles. The highest BCUT2D eigenvalue weighted by Crippen LogP contribution is 2.15. The Morgan fingerprint density at radius 3 is 2.28 bits per heavy atom. The average Bonchev–Trinajstić information content (AvgIpc) is 2.64. The molecule has 0 aliphatic heterocycles. The number of hydrogen-bond acceptors (Lipinski definition) is 3. The minimum absolute atomic E-state index is 0.236. The Kier molecular flexibility index (Phi) is 6.95. The molecule has 1 atom stereocenters. The Balaban J connectivity index is 2.13. The van der Waals surface area contributed by atoms with Gasteiger partial charge in [-0.2, -0.15) is 0 Å². The van der Waals surface area contributed by atoms with Gasteiger partial charge in [-0.25, -0.2) is 0 Å². The normalized spacial score (nSPS) is 12.0. The van der Waals surface area contributed by atoms with Gasteiger partial charge in [0.2, 0.25) is 5.91 Å². The maximum atomic E-state index is 12.6. The molecule has 2 aromatic rings. The predicted molar refractivity (Wildman–Crippen MR) is 99.5 cm³/mol. The zero-order valence-corrected chi connectivity index (χ0v) is 14.9. The molecule has 0 saturated carbocycles. The lowest BCUT2D eigenvalue weighted by molar-refractivity contribution is -0.134. The minimum Gasteiger partial charge on any atom is -0.394 e. The molecular formula is C20H26N2O3. The predicted octanol–water partition coefficient (Wildman–Crippen LogP) is 2.58. The van der Waals surface area contributed by atoms with E-state index in [0.717, 1.165) is 23.6 Å². The highest BCUT2D eigenvalue weighted by atomic mass is 16.3. The second-order valence-corrected chi connectivity index (χ2v) is 6.10. The molecule has 0 unspecified atom stereocenters. The van der Waals surface area contributed by atoms with E-state index in [-0.39, 0.29) is 11.8 Å². The minimum atomic E-state index is -0.919. The molecule has 0 aliphatic carbocycles. The SMILES string of the molecule is CCCN(CCC)C(=O)[C@H](CO)NC(=O)c1ccc2ccccc2c1. The van der Waals surface area contributed by atoms with Crippen molar-refractivity contribution in [3.05, 3.63) is 48.0 Å². The molecule has 0 fully saturated rings. The maximum absolute atomic E-state index is 12.6. The standard InChI is InChI=1S/C20H26N2O3/c1-3-11-22(12-4-2)20(25)18(14-23)21-19(24)17-10-9-15-7-5-6-8-16(15)13-17/h5-10,13,18,23H,3-4,11-12,14H2,1-2H3,(H,21,24)/t18-/m0/s1. The van der Waals surface area contributed by atoms with Gasteiger partial charge in [-0.1, -0.05) is 44.2 Å². The fourth-order valence-corrected chi connectivity index (χ4v) is 2.85. The Bertz CT molecular complexity index is 724. The van der Waals surface area contributed by atoms with Gasteiger partial charge in [-0.05, 0) is 35.7 Å². The summed E-state index contributed by atoms with van der Waals surface area (Å²) in [4.78, 5) is 26.8. The Morgan fingerprint density at radius 2 is 1.68 bits per heavy atom. The van der Waals surface area contributed by atoms with E-state index >= 15 is 0 Å². The number of aliphatic hydroxyl groups is 1. The second-order valence-electron chi connectivity index (χ2n) is 6.10. The van der Waals surface area contributed by atoms with Crippen molar-refractivity contribution in [3.63, 3.8) is 0 Å². The molecule has 0 radical (unpaired) electrons. The molecule has 134 valence electrons. The smallest absolute Gasteiger partial charge is 0.252 e. The third kappa shape index (κ3) is 4.79.